The Balaban J connectivity index is 1.03. The fraction of sp³-hybridized carbons (Fsp3) is 0.321. The molecule has 0 aliphatic carbocycles. The van der Waals surface area contributed by atoms with Crippen LogP contribution in [-0.2, 0) is 61.8 Å². The van der Waals surface area contributed by atoms with Gasteiger partial charge in [-0.2, -0.15) is 0 Å². The highest BCUT2D eigenvalue weighted by atomic mass is 32.1. The summed E-state index contributed by atoms with van der Waals surface area (Å²) in [7, 11) is 0. The molecular weight excluding hydrogens is 925 g/mol. The molecule has 0 saturated carbocycles. The average Bonchev–Trinajstić information content (AvgIpc) is 3.84. The standard InChI is InChI=1S/C56H56N10O5S/c67-53-21-5-2-4-16-50(56(71)57-29-45-24-23-44(72-45)15-3-1-6-22-54(68)69)64-55(70)37-26-43-35-66-32-40-13-9-19-48(60-40)46-17-7-11-38(58-46)30-65(34-42-25-36(53)27-51(62-42)52(28-37)63-43)31-39-12-8-18-47(59-39)49-20-10-14-41(33-66)61-49/h7-14,17-20,23-28,50H,1-6,15-16,21-22,29-35H2,(H,57,71)(H,64,70)(H,68,69). The van der Waals surface area contributed by atoms with Gasteiger partial charge >= 0.3 is 5.97 Å². The number of aliphatic carboxylic acids is 1. The summed E-state index contributed by atoms with van der Waals surface area (Å²) in [6, 6.07) is 34.3. The van der Waals surface area contributed by atoms with Gasteiger partial charge in [0, 0.05) is 73.0 Å². The fourth-order valence-electron chi connectivity index (χ4n) is 9.61. The topological polar surface area (TPSA) is 196 Å². The first-order valence-corrected chi connectivity index (χ1v) is 25.7. The number of ketones is 1. The Morgan fingerprint density at radius 3 is 1.62 bits per heavy atom. The minimum Gasteiger partial charge on any atom is -0.481 e. The number of aromatic nitrogens is 6. The van der Waals surface area contributed by atoms with Gasteiger partial charge in [-0.25, -0.2) is 29.9 Å². The van der Waals surface area contributed by atoms with Crippen molar-refractivity contribution in [3.8, 4) is 34.2 Å². The van der Waals surface area contributed by atoms with Crippen LogP contribution in [0, 0.1) is 0 Å². The molecule has 1 atom stereocenters. The van der Waals surface area contributed by atoms with E-state index in [1.807, 2.05) is 84.9 Å². The fourth-order valence-corrected chi connectivity index (χ4v) is 10.6. The van der Waals surface area contributed by atoms with E-state index in [4.69, 9.17) is 35.0 Å². The normalized spacial score (nSPS) is 17.9. The van der Waals surface area contributed by atoms with E-state index in [9.17, 15) is 19.2 Å². The number of hydrogen-bond donors (Lipinski definition) is 3. The monoisotopic (exact) mass is 980 g/mol. The second-order valence-corrected chi connectivity index (χ2v) is 20.2. The van der Waals surface area contributed by atoms with Gasteiger partial charge < -0.3 is 15.7 Å². The molecule has 4 aliphatic rings. The first kappa shape index (κ1) is 48.2. The number of fused-ring (bicyclic) bond motifs is 2. The van der Waals surface area contributed by atoms with Crippen LogP contribution < -0.4 is 10.6 Å². The van der Waals surface area contributed by atoms with E-state index in [0.29, 0.717) is 112 Å². The van der Waals surface area contributed by atoms with Crippen LogP contribution in [0.5, 0.6) is 0 Å². The maximum Gasteiger partial charge on any atom is 0.303 e. The molecule has 0 radical (unpaired) electrons. The van der Waals surface area contributed by atoms with Crippen molar-refractivity contribution in [1.82, 2.24) is 50.3 Å². The largest absolute Gasteiger partial charge is 0.481 e. The van der Waals surface area contributed by atoms with Crippen molar-refractivity contribution in [1.29, 1.82) is 0 Å². The summed E-state index contributed by atoms with van der Waals surface area (Å²) >= 11 is 1.62. The van der Waals surface area contributed by atoms with Crippen LogP contribution in [0.3, 0.4) is 0 Å². The lowest BCUT2D eigenvalue weighted by molar-refractivity contribution is -0.137. The Bertz CT molecular complexity index is 3050. The summed E-state index contributed by atoms with van der Waals surface area (Å²) < 4.78 is 0. The number of Topliss-reactive ketones (excluding diaryl/α,β-unsaturated/α-hetero) is 1. The second-order valence-electron chi connectivity index (χ2n) is 18.9. The molecule has 4 aliphatic heterocycles. The van der Waals surface area contributed by atoms with Crippen LogP contribution in [0.1, 0.15) is 122 Å². The van der Waals surface area contributed by atoms with Crippen molar-refractivity contribution in [2.24, 2.45) is 0 Å². The van der Waals surface area contributed by atoms with E-state index < -0.39 is 17.9 Å². The number of amides is 2. The number of nitrogens with zero attached hydrogens (tertiary/aromatic N) is 8. The Hall–Kier alpha value is -7.40. The number of carboxylic acids is 1. The lowest BCUT2D eigenvalue weighted by Gasteiger charge is -2.24. The van der Waals surface area contributed by atoms with E-state index >= 15 is 0 Å². The van der Waals surface area contributed by atoms with E-state index in [1.54, 1.807) is 29.5 Å². The molecule has 11 rings (SSSR count). The van der Waals surface area contributed by atoms with Gasteiger partial charge in [0.05, 0.1) is 74.9 Å². The zero-order valence-corrected chi connectivity index (χ0v) is 40.9. The first-order chi connectivity index (χ1) is 35.1. The minimum absolute atomic E-state index is 0.0155. The Morgan fingerprint density at radius 2 is 1.07 bits per heavy atom. The molecule has 0 fully saturated rings. The second kappa shape index (κ2) is 22.4. The predicted octanol–water partition coefficient (Wildman–Crippen LogP) is 8.90. The number of rotatable bonds is 9. The molecule has 0 aromatic carbocycles. The number of pyridine rings is 6. The molecule has 11 heterocycles. The van der Waals surface area contributed by atoms with Gasteiger partial charge in [-0.3, -0.25) is 29.0 Å². The molecule has 72 heavy (non-hydrogen) atoms. The van der Waals surface area contributed by atoms with E-state index in [-0.39, 0.29) is 24.7 Å². The van der Waals surface area contributed by atoms with Gasteiger partial charge in [0.2, 0.25) is 5.91 Å². The molecule has 2 amide bonds. The summed E-state index contributed by atoms with van der Waals surface area (Å²) in [5.74, 6) is -1.50. The summed E-state index contributed by atoms with van der Waals surface area (Å²) in [5, 5.41) is 15.1. The Kier molecular flexibility index (Phi) is 15.0. The summed E-state index contributed by atoms with van der Waals surface area (Å²) in [6.45, 7) is 2.62. The lowest BCUT2D eigenvalue weighted by Crippen LogP contribution is -2.46. The molecule has 3 N–H and O–H groups in total. The molecule has 15 nitrogen and oxygen atoms in total. The average molecular weight is 981 g/mol. The number of nitrogens with one attached hydrogen (secondary N) is 2. The molecule has 16 heteroatoms. The van der Waals surface area contributed by atoms with Gasteiger partial charge in [-0.15, -0.1) is 11.3 Å². The smallest absolute Gasteiger partial charge is 0.303 e. The maximum atomic E-state index is 14.7. The molecule has 0 spiro atoms. The highest BCUT2D eigenvalue weighted by molar-refractivity contribution is 7.12. The van der Waals surface area contributed by atoms with E-state index in [2.05, 4.69) is 26.5 Å². The number of carboxylic acid groups (broad SMARTS) is 1. The number of thiophene rings is 1. The quantitative estimate of drug-likeness (QED) is 0.116. The summed E-state index contributed by atoms with van der Waals surface area (Å²) in [4.78, 5) is 91.5. The SMILES string of the molecule is O=C(O)CCCCCc1ccc(CNC(=O)C2CCCCCC(=O)c3cc4nc(c3)-c3cc(cc(n3)CN3Cc5cccc(n5)-c5cccc(n5)CN(Cc5cccc(n5)-c5cccc(n5)C3)C4)C(=O)N2)s1. The highest BCUT2D eigenvalue weighted by Crippen LogP contribution is 2.28. The van der Waals surface area contributed by atoms with Crippen molar-refractivity contribution >= 4 is 34.9 Å². The van der Waals surface area contributed by atoms with Crippen LogP contribution in [0.25, 0.3) is 34.2 Å². The van der Waals surface area contributed by atoms with Crippen LogP contribution in [0.15, 0.2) is 109 Å². The van der Waals surface area contributed by atoms with Gasteiger partial charge in [0.25, 0.3) is 5.91 Å². The van der Waals surface area contributed by atoms with Gasteiger partial charge in [-0.1, -0.05) is 43.5 Å². The molecule has 366 valence electrons. The van der Waals surface area contributed by atoms with Crippen LogP contribution in [0.4, 0.5) is 0 Å². The third kappa shape index (κ3) is 12.4. The molecule has 7 aromatic rings. The zero-order valence-electron chi connectivity index (χ0n) is 40.1. The van der Waals surface area contributed by atoms with Gasteiger partial charge in [0.15, 0.2) is 5.78 Å². The van der Waals surface area contributed by atoms with Crippen molar-refractivity contribution < 1.29 is 24.3 Å². The van der Waals surface area contributed by atoms with Gasteiger partial charge in [0.1, 0.15) is 6.04 Å². The molecule has 16 bridgehead atoms. The first-order valence-electron chi connectivity index (χ1n) is 24.8. The van der Waals surface area contributed by atoms with Crippen LogP contribution in [0.2, 0.25) is 0 Å². The number of aryl methyl sites for hydroxylation is 1. The van der Waals surface area contributed by atoms with Crippen molar-refractivity contribution in [2.45, 2.75) is 116 Å². The molecule has 0 saturated heterocycles. The molecule has 1 unspecified atom stereocenters. The minimum atomic E-state index is -0.836. The summed E-state index contributed by atoms with van der Waals surface area (Å²) in [6.07, 6.45) is 6.02. The summed E-state index contributed by atoms with van der Waals surface area (Å²) in [5.41, 5.74) is 9.24. The number of unbranched alkanes of at least 4 members (excludes halogenated alkanes) is 2. The Labute approximate surface area is 422 Å². The number of carbonyl (C=O) groups is 4. The Morgan fingerprint density at radius 1 is 0.569 bits per heavy atom. The predicted molar refractivity (Wildman–Crippen MR) is 273 cm³/mol. The van der Waals surface area contributed by atoms with Crippen molar-refractivity contribution in [3.63, 3.8) is 0 Å². The number of carbonyl (C=O) groups excluding carboxylic acids is 3. The molecular formula is C56H56N10O5S. The maximum absolute atomic E-state index is 14.7. The zero-order chi connectivity index (χ0) is 49.4. The van der Waals surface area contributed by atoms with E-state index in [0.717, 1.165) is 69.7 Å². The lowest BCUT2D eigenvalue weighted by atomic mass is 10.0. The number of hydrogen-bond acceptors (Lipinski definition) is 13. The van der Waals surface area contributed by atoms with Crippen molar-refractivity contribution in [3.05, 3.63) is 164 Å². The third-order valence-corrected chi connectivity index (χ3v) is 14.3. The van der Waals surface area contributed by atoms with Crippen molar-refractivity contribution in [2.75, 3.05) is 0 Å². The molecule has 7 aromatic heterocycles. The third-order valence-electron chi connectivity index (χ3n) is 13.2. The van der Waals surface area contributed by atoms with Gasteiger partial charge in [-0.05, 0) is 117 Å². The van der Waals surface area contributed by atoms with Crippen LogP contribution in [-0.4, -0.2) is 74.4 Å². The van der Waals surface area contributed by atoms with Crippen LogP contribution >= 0.6 is 11.3 Å². The highest BCUT2D eigenvalue weighted by Gasteiger charge is 2.25. The van der Waals surface area contributed by atoms with E-state index in [1.165, 1.54) is 4.88 Å².